The van der Waals surface area contributed by atoms with Crippen molar-refractivity contribution in [1.29, 1.82) is 0 Å². The van der Waals surface area contributed by atoms with E-state index in [1.54, 1.807) is 12.4 Å². The molecule has 0 unspecified atom stereocenters. The molecule has 0 bridgehead atoms. The summed E-state index contributed by atoms with van der Waals surface area (Å²) in [5, 5.41) is 0. The van der Waals surface area contributed by atoms with E-state index in [9.17, 15) is 9.59 Å². The van der Waals surface area contributed by atoms with Crippen molar-refractivity contribution in [2.75, 3.05) is 11.4 Å². The molecule has 1 saturated carbocycles. The molecule has 0 atom stereocenters. The van der Waals surface area contributed by atoms with E-state index in [2.05, 4.69) is 9.97 Å². The van der Waals surface area contributed by atoms with E-state index in [0.717, 1.165) is 16.8 Å². The Morgan fingerprint density at radius 1 is 1.13 bits per heavy atom. The lowest BCUT2D eigenvalue weighted by Gasteiger charge is -2.36. The molecule has 1 aliphatic carbocycles. The van der Waals surface area contributed by atoms with Gasteiger partial charge in [-0.25, -0.2) is 9.78 Å². The molecule has 2 aliphatic heterocycles. The summed E-state index contributed by atoms with van der Waals surface area (Å²) in [6.45, 7) is 0.521. The molecule has 1 aromatic heterocycles. The number of carbonyl (C=O) groups excluding carboxylic acids is 2. The van der Waals surface area contributed by atoms with Gasteiger partial charge in [0.2, 0.25) is 5.91 Å². The van der Waals surface area contributed by atoms with E-state index in [-0.39, 0.29) is 17.8 Å². The number of hydrogen-bond donors (Lipinski definition) is 1. The first-order chi connectivity index (χ1) is 14.6. The van der Waals surface area contributed by atoms with Crippen LogP contribution in [-0.2, 0) is 14.3 Å². The van der Waals surface area contributed by atoms with Gasteiger partial charge >= 0.3 is 5.97 Å². The maximum absolute atomic E-state index is 12.9. The first kappa shape index (κ1) is 18.5. The minimum atomic E-state index is -0.676. The summed E-state index contributed by atoms with van der Waals surface area (Å²) in [5.74, 6) is -0.177. The van der Waals surface area contributed by atoms with Crippen molar-refractivity contribution in [2.24, 2.45) is 11.7 Å². The second kappa shape index (κ2) is 7.09. The minimum Gasteiger partial charge on any atom is -0.449 e. The fourth-order valence-corrected chi connectivity index (χ4v) is 4.63. The molecule has 2 aromatic rings. The normalized spacial score (nSPS) is 25.4. The third-order valence-corrected chi connectivity index (χ3v) is 6.25. The van der Waals surface area contributed by atoms with Crippen molar-refractivity contribution in [3.8, 4) is 11.3 Å². The standard InChI is InChI=1S/C23H22N4O3/c24-21(28)16-8-10-23(11-9-16)17-7-4-12-27(20(17)22(29)30-23)19-14-25-18(13-26-19)15-5-2-1-3-6-15/h1-7,13-14,16H,8-12H2,(H2,24,28)/t16-,23-. The summed E-state index contributed by atoms with van der Waals surface area (Å²) in [7, 11) is 0. The average molecular weight is 402 g/mol. The van der Waals surface area contributed by atoms with Crippen LogP contribution >= 0.6 is 0 Å². The average Bonchev–Trinajstić information content (AvgIpc) is 3.06. The Kier molecular flexibility index (Phi) is 4.38. The van der Waals surface area contributed by atoms with Gasteiger partial charge in [0.15, 0.2) is 5.82 Å². The molecule has 3 heterocycles. The topological polar surface area (TPSA) is 98.4 Å². The second-order valence-electron chi connectivity index (χ2n) is 7.96. The van der Waals surface area contributed by atoms with Crippen LogP contribution in [0.3, 0.4) is 0 Å². The van der Waals surface area contributed by atoms with Gasteiger partial charge in [-0.05, 0) is 25.7 Å². The maximum Gasteiger partial charge on any atom is 0.356 e. The van der Waals surface area contributed by atoms with E-state index >= 15 is 0 Å². The Labute approximate surface area is 174 Å². The van der Waals surface area contributed by atoms with Crippen molar-refractivity contribution in [2.45, 2.75) is 31.3 Å². The molecule has 1 fully saturated rings. The van der Waals surface area contributed by atoms with Crippen LogP contribution < -0.4 is 10.6 Å². The molecule has 0 saturated heterocycles. The minimum absolute atomic E-state index is 0.154. The van der Waals surface area contributed by atoms with Gasteiger partial charge in [-0.1, -0.05) is 42.5 Å². The van der Waals surface area contributed by atoms with Gasteiger partial charge in [0.05, 0.1) is 18.1 Å². The molecule has 5 rings (SSSR count). The van der Waals surface area contributed by atoms with Gasteiger partial charge in [0, 0.05) is 23.6 Å². The van der Waals surface area contributed by atoms with Crippen LogP contribution in [0.2, 0.25) is 0 Å². The van der Waals surface area contributed by atoms with Crippen molar-refractivity contribution < 1.29 is 14.3 Å². The number of fused-ring (bicyclic) bond motifs is 1. The number of rotatable bonds is 3. The van der Waals surface area contributed by atoms with Gasteiger partial charge < -0.3 is 15.4 Å². The Morgan fingerprint density at radius 2 is 1.90 bits per heavy atom. The molecule has 30 heavy (non-hydrogen) atoms. The van der Waals surface area contributed by atoms with Crippen LogP contribution in [0.1, 0.15) is 25.7 Å². The number of nitrogens with two attached hydrogens (primary N) is 1. The molecular weight excluding hydrogens is 380 g/mol. The summed E-state index contributed by atoms with van der Waals surface area (Å²) in [5.41, 5.74) is 7.95. The van der Waals surface area contributed by atoms with Gasteiger partial charge in [-0.3, -0.25) is 9.78 Å². The van der Waals surface area contributed by atoms with E-state index in [0.29, 0.717) is 43.7 Å². The van der Waals surface area contributed by atoms with Crippen molar-refractivity contribution in [1.82, 2.24) is 9.97 Å². The number of carbonyl (C=O) groups is 2. The van der Waals surface area contributed by atoms with E-state index in [1.807, 2.05) is 47.4 Å². The highest BCUT2D eigenvalue weighted by Gasteiger charge is 2.51. The van der Waals surface area contributed by atoms with Gasteiger partial charge in [0.25, 0.3) is 0 Å². The van der Waals surface area contributed by atoms with Crippen molar-refractivity contribution >= 4 is 17.7 Å². The largest absolute Gasteiger partial charge is 0.449 e. The zero-order chi connectivity index (χ0) is 20.7. The quantitative estimate of drug-likeness (QED) is 0.793. The van der Waals surface area contributed by atoms with Crippen molar-refractivity contribution in [3.05, 3.63) is 66.1 Å². The summed E-state index contributed by atoms with van der Waals surface area (Å²) in [6, 6.07) is 9.83. The van der Waals surface area contributed by atoms with Crippen molar-refractivity contribution in [3.63, 3.8) is 0 Å². The SMILES string of the molecule is NC(=O)[C@H]1CC[C@@]2(CC1)OC(=O)C1=C2C=CCN1c1cnc(-c2ccccc2)cn1. The Morgan fingerprint density at radius 3 is 2.57 bits per heavy atom. The van der Waals surface area contributed by atoms with Gasteiger partial charge in [0.1, 0.15) is 11.3 Å². The molecule has 2 N–H and O–H groups in total. The summed E-state index contributed by atoms with van der Waals surface area (Å²) < 4.78 is 5.90. The Bertz CT molecular complexity index is 1050. The van der Waals surface area contributed by atoms with Crippen LogP contribution in [0, 0.1) is 5.92 Å². The highest BCUT2D eigenvalue weighted by molar-refractivity contribution is 5.98. The number of nitrogens with zero attached hydrogens (tertiary/aromatic N) is 3. The molecule has 1 aromatic carbocycles. The fourth-order valence-electron chi connectivity index (χ4n) is 4.63. The number of aromatic nitrogens is 2. The Hall–Kier alpha value is -3.48. The lowest BCUT2D eigenvalue weighted by atomic mass is 9.74. The maximum atomic E-state index is 12.9. The van der Waals surface area contributed by atoms with Gasteiger partial charge in [-0.2, -0.15) is 0 Å². The smallest absolute Gasteiger partial charge is 0.356 e. The first-order valence-corrected chi connectivity index (χ1v) is 10.2. The highest BCUT2D eigenvalue weighted by Crippen LogP contribution is 2.47. The zero-order valence-electron chi connectivity index (χ0n) is 16.5. The van der Waals surface area contributed by atoms with E-state index in [4.69, 9.17) is 10.5 Å². The van der Waals surface area contributed by atoms with Crippen LogP contribution in [0.5, 0.6) is 0 Å². The van der Waals surface area contributed by atoms with E-state index in [1.165, 1.54) is 0 Å². The molecule has 0 radical (unpaired) electrons. The number of primary amides is 1. The summed E-state index contributed by atoms with van der Waals surface area (Å²) >= 11 is 0. The third-order valence-electron chi connectivity index (χ3n) is 6.25. The number of esters is 1. The predicted molar refractivity (Wildman–Crippen MR) is 111 cm³/mol. The first-order valence-electron chi connectivity index (χ1n) is 10.2. The molecule has 152 valence electrons. The molecular formula is C23H22N4O3. The van der Waals surface area contributed by atoms with Gasteiger partial charge in [-0.15, -0.1) is 0 Å². The van der Waals surface area contributed by atoms with Crippen LogP contribution in [0.4, 0.5) is 5.82 Å². The van der Waals surface area contributed by atoms with Crippen LogP contribution in [0.25, 0.3) is 11.3 Å². The zero-order valence-corrected chi connectivity index (χ0v) is 16.5. The summed E-state index contributed by atoms with van der Waals surface area (Å²) in [4.78, 5) is 35.4. The number of ether oxygens (including phenoxy) is 1. The third kappa shape index (κ3) is 2.98. The van der Waals surface area contributed by atoms with Crippen LogP contribution in [0.15, 0.2) is 66.1 Å². The second-order valence-corrected chi connectivity index (χ2v) is 7.96. The number of amides is 1. The van der Waals surface area contributed by atoms with Crippen LogP contribution in [-0.4, -0.2) is 34.0 Å². The number of benzene rings is 1. The van der Waals surface area contributed by atoms with E-state index < -0.39 is 5.60 Å². The fraction of sp³-hybridized carbons (Fsp3) is 0.304. The lowest BCUT2D eigenvalue weighted by molar-refractivity contribution is -0.150. The lowest BCUT2D eigenvalue weighted by Crippen LogP contribution is -2.40. The number of hydrogen-bond acceptors (Lipinski definition) is 6. The molecule has 7 nitrogen and oxygen atoms in total. The monoisotopic (exact) mass is 402 g/mol. The number of anilines is 1. The predicted octanol–water partition coefficient (Wildman–Crippen LogP) is 2.75. The molecule has 7 heteroatoms. The molecule has 1 spiro atoms. The molecule has 3 aliphatic rings. The summed E-state index contributed by atoms with van der Waals surface area (Å²) in [6.07, 6.45) is 9.84. The molecule has 1 amide bonds. The highest BCUT2D eigenvalue weighted by atomic mass is 16.6. The Balaban J connectivity index is 1.45.